The number of nitrogens with one attached hydrogen (secondary N) is 1. The van der Waals surface area contributed by atoms with Gasteiger partial charge >= 0.3 is 0 Å². The molecule has 10 nitrogen and oxygen atoms in total. The highest BCUT2D eigenvalue weighted by Gasteiger charge is 2.24. The number of aromatic nitrogens is 5. The zero-order chi connectivity index (χ0) is 27.4. The van der Waals surface area contributed by atoms with Gasteiger partial charge in [-0.05, 0) is 55.7 Å². The second kappa shape index (κ2) is 9.32. The van der Waals surface area contributed by atoms with Gasteiger partial charge in [0.15, 0.2) is 5.65 Å². The predicted octanol–water partition coefficient (Wildman–Crippen LogP) is 3.92. The van der Waals surface area contributed by atoms with Crippen molar-refractivity contribution in [2.24, 2.45) is 0 Å². The van der Waals surface area contributed by atoms with Crippen LogP contribution in [0, 0.1) is 0 Å². The molecule has 5 rings (SSSR count). The number of pyridine rings is 1. The largest absolute Gasteiger partial charge is 0.324 e. The van der Waals surface area contributed by atoms with Crippen LogP contribution in [0.5, 0.6) is 0 Å². The lowest BCUT2D eigenvalue weighted by Gasteiger charge is -2.27. The minimum absolute atomic E-state index is 0.113. The minimum Gasteiger partial charge on any atom is -0.324 e. The van der Waals surface area contributed by atoms with E-state index in [2.05, 4.69) is 36.1 Å². The number of hydrogen-bond acceptors (Lipinski definition) is 7. The number of rotatable bonds is 5. The molecule has 3 aromatic heterocycles. The van der Waals surface area contributed by atoms with Gasteiger partial charge in [-0.1, -0.05) is 26.8 Å². The first-order valence-corrected chi connectivity index (χ1v) is 14.5. The van der Waals surface area contributed by atoms with E-state index in [1.54, 1.807) is 17.1 Å². The highest BCUT2D eigenvalue weighted by molar-refractivity contribution is 7.88. The van der Waals surface area contributed by atoms with Crippen LogP contribution in [0.25, 0.3) is 16.7 Å². The Hall–Kier alpha value is -3.57. The van der Waals surface area contributed by atoms with E-state index in [1.807, 2.05) is 48.9 Å². The van der Waals surface area contributed by atoms with E-state index in [4.69, 9.17) is 4.98 Å². The molecule has 4 heterocycles. The smallest absolute Gasteiger partial charge is 0.278 e. The molecule has 4 aromatic rings. The van der Waals surface area contributed by atoms with Crippen molar-refractivity contribution in [1.29, 1.82) is 0 Å². The number of fused-ring (bicyclic) bond motifs is 2. The summed E-state index contributed by atoms with van der Waals surface area (Å²) in [7, 11) is -3.27. The highest BCUT2D eigenvalue weighted by atomic mass is 32.2. The lowest BCUT2D eigenvalue weighted by molar-refractivity contribution is 0.395. The van der Waals surface area contributed by atoms with E-state index < -0.39 is 10.0 Å². The van der Waals surface area contributed by atoms with Crippen LogP contribution in [-0.4, -0.2) is 49.8 Å². The Bertz CT molecular complexity index is 1700. The molecule has 1 aromatic carbocycles. The third-order valence-corrected chi connectivity index (χ3v) is 8.03. The van der Waals surface area contributed by atoms with Gasteiger partial charge in [-0.3, -0.25) is 9.78 Å². The van der Waals surface area contributed by atoms with E-state index in [9.17, 15) is 13.2 Å². The minimum atomic E-state index is -3.27. The van der Waals surface area contributed by atoms with Gasteiger partial charge < -0.3 is 5.32 Å². The third-order valence-electron chi connectivity index (χ3n) is 6.78. The molecular formula is C27H33N7O3S. The molecule has 1 N–H and O–H groups in total. The van der Waals surface area contributed by atoms with Crippen molar-refractivity contribution in [3.05, 3.63) is 69.9 Å². The molecule has 11 heteroatoms. The summed E-state index contributed by atoms with van der Waals surface area (Å²) < 4.78 is 29.1. The summed E-state index contributed by atoms with van der Waals surface area (Å²) in [6, 6.07) is 9.63. The molecule has 38 heavy (non-hydrogen) atoms. The number of sulfonamides is 1. The van der Waals surface area contributed by atoms with Gasteiger partial charge in [0.1, 0.15) is 5.39 Å². The summed E-state index contributed by atoms with van der Waals surface area (Å²) in [5.74, 6) is 0.341. The summed E-state index contributed by atoms with van der Waals surface area (Å²) >= 11 is 0. The maximum absolute atomic E-state index is 13.4. The van der Waals surface area contributed by atoms with Crippen LogP contribution in [0.2, 0.25) is 0 Å². The van der Waals surface area contributed by atoms with E-state index in [0.29, 0.717) is 36.5 Å². The summed E-state index contributed by atoms with van der Waals surface area (Å²) in [6.45, 7) is 11.0. The maximum Gasteiger partial charge on any atom is 0.278 e. The maximum atomic E-state index is 13.4. The van der Waals surface area contributed by atoms with Crippen LogP contribution in [0.1, 0.15) is 57.5 Å². The predicted molar refractivity (Wildman–Crippen MR) is 149 cm³/mol. The lowest BCUT2D eigenvalue weighted by Crippen LogP contribution is -2.35. The van der Waals surface area contributed by atoms with Gasteiger partial charge in [-0.25, -0.2) is 22.8 Å². The Kier molecular flexibility index (Phi) is 6.39. The molecule has 0 aliphatic carbocycles. The Morgan fingerprint density at radius 2 is 1.82 bits per heavy atom. The van der Waals surface area contributed by atoms with Crippen LogP contribution >= 0.6 is 0 Å². The average Bonchev–Trinajstić information content (AvgIpc) is 3.14. The SMILES string of the molecule is CC(C)n1c(=O)c2cnc(Nc3ccc4c(c3)CN(S(C)(=O)=O)CC4)nc2n1-c1ccnc(C(C)(C)C)c1. The monoisotopic (exact) mass is 535 g/mol. The van der Waals surface area contributed by atoms with E-state index in [1.165, 1.54) is 10.6 Å². The van der Waals surface area contributed by atoms with Gasteiger partial charge in [-0.2, -0.15) is 9.29 Å². The van der Waals surface area contributed by atoms with Crippen LogP contribution < -0.4 is 10.9 Å². The number of nitrogens with zero attached hydrogens (tertiary/aromatic N) is 6. The van der Waals surface area contributed by atoms with Crippen molar-refractivity contribution in [3.63, 3.8) is 0 Å². The highest BCUT2D eigenvalue weighted by Crippen LogP contribution is 2.27. The number of benzene rings is 1. The van der Waals surface area contributed by atoms with Crippen molar-refractivity contribution in [2.45, 2.75) is 59.0 Å². The van der Waals surface area contributed by atoms with Crippen LogP contribution in [0.15, 0.2) is 47.5 Å². The third kappa shape index (κ3) is 4.83. The molecule has 0 fully saturated rings. The standard InChI is InChI=1S/C27H33N7O3S/c1-17(2)33-25(35)22-15-29-26(31-24(22)34(33)21-9-11-28-23(14-21)27(3,4)5)30-20-8-7-18-10-12-32(38(6,36)37)16-19(18)13-20/h7-9,11,13-15,17H,10,12,16H2,1-6H3,(H,29,30,31). The molecule has 0 spiro atoms. The molecular weight excluding hydrogens is 502 g/mol. The van der Waals surface area contributed by atoms with Crippen LogP contribution in [-0.2, 0) is 28.4 Å². The molecule has 0 amide bonds. The Morgan fingerprint density at radius 1 is 1.05 bits per heavy atom. The van der Waals surface area contributed by atoms with Crippen LogP contribution in [0.3, 0.4) is 0 Å². The first-order valence-electron chi connectivity index (χ1n) is 12.6. The molecule has 0 bridgehead atoms. The fraction of sp³-hybridized carbons (Fsp3) is 0.407. The topological polar surface area (TPSA) is 115 Å². The molecule has 1 aliphatic heterocycles. The van der Waals surface area contributed by atoms with E-state index >= 15 is 0 Å². The summed E-state index contributed by atoms with van der Waals surface area (Å²) in [5, 5.41) is 3.67. The van der Waals surface area contributed by atoms with Crippen molar-refractivity contribution < 1.29 is 8.42 Å². The molecule has 200 valence electrons. The van der Waals surface area contributed by atoms with Gasteiger partial charge in [0.05, 0.1) is 11.9 Å². The fourth-order valence-electron chi connectivity index (χ4n) is 4.76. The Labute approximate surface area is 222 Å². The van der Waals surface area contributed by atoms with E-state index in [-0.39, 0.29) is 17.0 Å². The summed E-state index contributed by atoms with van der Waals surface area (Å²) in [5.41, 5.74) is 4.69. The van der Waals surface area contributed by atoms with Crippen LogP contribution in [0.4, 0.5) is 11.6 Å². The second-order valence-electron chi connectivity index (χ2n) is 11.1. The Morgan fingerprint density at radius 3 is 2.50 bits per heavy atom. The van der Waals surface area contributed by atoms with Gasteiger partial charge in [-0.15, -0.1) is 0 Å². The molecule has 0 radical (unpaired) electrons. The molecule has 0 saturated carbocycles. The first-order chi connectivity index (χ1) is 17.8. The fourth-order valence-corrected chi connectivity index (χ4v) is 5.55. The van der Waals surface area contributed by atoms with Gasteiger partial charge in [0.2, 0.25) is 16.0 Å². The molecule has 0 unspecified atom stereocenters. The Balaban J connectivity index is 1.57. The van der Waals surface area contributed by atoms with Crippen molar-refractivity contribution in [1.82, 2.24) is 28.6 Å². The van der Waals surface area contributed by atoms with Crippen molar-refractivity contribution in [3.8, 4) is 5.69 Å². The number of hydrogen-bond donors (Lipinski definition) is 1. The second-order valence-corrected chi connectivity index (χ2v) is 13.1. The molecule has 0 atom stereocenters. The molecule has 0 saturated heterocycles. The zero-order valence-corrected chi connectivity index (χ0v) is 23.4. The zero-order valence-electron chi connectivity index (χ0n) is 22.6. The number of anilines is 2. The quantitative estimate of drug-likeness (QED) is 0.412. The first kappa shape index (κ1) is 26.1. The van der Waals surface area contributed by atoms with E-state index in [0.717, 1.165) is 28.2 Å². The molecule has 1 aliphatic rings. The normalized spacial score (nSPS) is 14.7. The summed E-state index contributed by atoms with van der Waals surface area (Å²) in [4.78, 5) is 27.1. The summed E-state index contributed by atoms with van der Waals surface area (Å²) in [6.07, 6.45) is 5.21. The average molecular weight is 536 g/mol. The van der Waals surface area contributed by atoms with Crippen molar-refractivity contribution in [2.75, 3.05) is 18.1 Å². The van der Waals surface area contributed by atoms with Gasteiger partial charge in [0.25, 0.3) is 5.56 Å². The van der Waals surface area contributed by atoms with Crippen molar-refractivity contribution >= 4 is 32.7 Å². The lowest BCUT2D eigenvalue weighted by atomic mass is 9.91. The van der Waals surface area contributed by atoms with Gasteiger partial charge in [0, 0.05) is 48.3 Å².